The summed E-state index contributed by atoms with van der Waals surface area (Å²) in [6.45, 7) is 4.36. The molecule has 0 aliphatic carbocycles. The number of benzene rings is 1. The predicted molar refractivity (Wildman–Crippen MR) is 60.4 cm³/mol. The molecule has 0 fully saturated rings. The zero-order valence-corrected chi connectivity index (χ0v) is 8.74. The van der Waals surface area contributed by atoms with Crippen LogP contribution in [0.5, 0.6) is 0 Å². The molecule has 0 saturated carbocycles. The average Bonchev–Trinajstić information content (AvgIpc) is 2.50. The molecule has 2 heteroatoms. The van der Waals surface area contributed by atoms with Crippen LogP contribution in [0.2, 0.25) is 0 Å². The average molecular weight is 191 g/mol. The van der Waals surface area contributed by atoms with E-state index in [2.05, 4.69) is 26.0 Å². The fourth-order valence-corrected chi connectivity index (χ4v) is 2.67. The summed E-state index contributed by atoms with van der Waals surface area (Å²) in [4.78, 5) is 0. The summed E-state index contributed by atoms with van der Waals surface area (Å²) in [6, 6.07) is 4.31. The van der Waals surface area contributed by atoms with Gasteiger partial charge in [-0.05, 0) is 24.5 Å². The van der Waals surface area contributed by atoms with Crippen molar-refractivity contribution in [3.8, 4) is 0 Å². The molecular weight excluding hydrogens is 178 g/mol. The maximum absolute atomic E-state index is 5.85. The molecule has 0 atom stereocenters. The molecule has 2 N–H and O–H groups in total. The smallest absolute Gasteiger partial charge is 0.0502 e. The van der Waals surface area contributed by atoms with Crippen LogP contribution in [0.4, 0.5) is 5.69 Å². The number of nitrogens with two attached hydrogens (primary N) is 1. The second kappa shape index (κ2) is 3.04. The predicted octanol–water partition coefficient (Wildman–Crippen LogP) is 3.35. The molecule has 1 aromatic heterocycles. The van der Waals surface area contributed by atoms with Crippen LogP contribution in [0.3, 0.4) is 0 Å². The topological polar surface area (TPSA) is 26.0 Å². The lowest BCUT2D eigenvalue weighted by Crippen LogP contribution is -1.87. The highest BCUT2D eigenvalue weighted by Gasteiger charge is 2.05. The van der Waals surface area contributed by atoms with Crippen molar-refractivity contribution in [1.29, 1.82) is 0 Å². The lowest BCUT2D eigenvalue weighted by Gasteiger charge is -2.03. The first kappa shape index (κ1) is 8.57. The van der Waals surface area contributed by atoms with Gasteiger partial charge in [0.25, 0.3) is 0 Å². The van der Waals surface area contributed by atoms with Gasteiger partial charge in [-0.2, -0.15) is 0 Å². The molecule has 1 heterocycles. The maximum Gasteiger partial charge on any atom is 0.0502 e. The van der Waals surface area contributed by atoms with E-state index in [1.165, 1.54) is 21.2 Å². The Morgan fingerprint density at radius 2 is 2.15 bits per heavy atom. The first-order valence-electron chi connectivity index (χ1n) is 4.49. The number of anilines is 1. The van der Waals surface area contributed by atoms with E-state index in [0.717, 1.165) is 12.1 Å². The summed E-state index contributed by atoms with van der Waals surface area (Å²) in [5.74, 6) is 0. The van der Waals surface area contributed by atoms with Crippen molar-refractivity contribution in [3.63, 3.8) is 0 Å². The second-order valence-corrected chi connectivity index (χ2v) is 4.15. The van der Waals surface area contributed by atoms with E-state index in [-0.39, 0.29) is 0 Å². The van der Waals surface area contributed by atoms with Crippen LogP contribution in [0.25, 0.3) is 10.1 Å². The monoisotopic (exact) mass is 191 g/mol. The van der Waals surface area contributed by atoms with Crippen LogP contribution >= 0.6 is 11.3 Å². The highest BCUT2D eigenvalue weighted by Crippen LogP contribution is 2.32. The summed E-state index contributed by atoms with van der Waals surface area (Å²) >= 11 is 1.75. The second-order valence-electron chi connectivity index (χ2n) is 3.27. The Morgan fingerprint density at radius 1 is 1.38 bits per heavy atom. The van der Waals surface area contributed by atoms with Gasteiger partial charge in [0.05, 0.1) is 5.69 Å². The quantitative estimate of drug-likeness (QED) is 0.735. The molecule has 0 bridgehead atoms. The molecule has 0 unspecified atom stereocenters. The van der Waals surface area contributed by atoms with Crippen molar-refractivity contribution < 1.29 is 0 Å². The maximum atomic E-state index is 5.85. The van der Waals surface area contributed by atoms with Gasteiger partial charge in [0, 0.05) is 15.5 Å². The molecule has 68 valence electrons. The largest absolute Gasteiger partial charge is 0.398 e. The molecule has 0 spiro atoms. The standard InChI is InChI=1S/C11H13NS/c1-3-8-4-5-9-10(12)6-13-11(9)7(8)2/h4-6H,3,12H2,1-2H3. The van der Waals surface area contributed by atoms with Crippen LogP contribution < -0.4 is 5.73 Å². The van der Waals surface area contributed by atoms with E-state index < -0.39 is 0 Å². The minimum absolute atomic E-state index is 0.908. The van der Waals surface area contributed by atoms with Gasteiger partial charge in [-0.3, -0.25) is 0 Å². The van der Waals surface area contributed by atoms with Gasteiger partial charge in [-0.25, -0.2) is 0 Å². The molecule has 1 aromatic carbocycles. The zero-order valence-electron chi connectivity index (χ0n) is 7.92. The summed E-state index contributed by atoms with van der Waals surface area (Å²) in [6.07, 6.45) is 1.10. The number of thiophene rings is 1. The van der Waals surface area contributed by atoms with Gasteiger partial charge in [0.2, 0.25) is 0 Å². The molecule has 1 nitrogen and oxygen atoms in total. The van der Waals surface area contributed by atoms with Gasteiger partial charge in [0.15, 0.2) is 0 Å². The molecule has 2 aromatic rings. The Hall–Kier alpha value is -1.02. The number of hydrogen-bond acceptors (Lipinski definition) is 2. The molecule has 0 aliphatic heterocycles. The fraction of sp³-hybridized carbons (Fsp3) is 0.273. The summed E-state index contributed by atoms with van der Waals surface area (Å²) in [5, 5.41) is 3.23. The van der Waals surface area contributed by atoms with Crippen LogP contribution in [-0.2, 0) is 6.42 Å². The minimum atomic E-state index is 0.908. The molecule has 2 rings (SSSR count). The number of rotatable bonds is 1. The third-order valence-electron chi connectivity index (χ3n) is 2.51. The van der Waals surface area contributed by atoms with E-state index in [0.29, 0.717) is 0 Å². The Labute approximate surface area is 82.2 Å². The fourth-order valence-electron chi connectivity index (χ4n) is 1.68. The highest BCUT2D eigenvalue weighted by atomic mass is 32.1. The molecule has 0 saturated heterocycles. The lowest BCUT2D eigenvalue weighted by molar-refractivity contribution is 1.12. The van der Waals surface area contributed by atoms with E-state index >= 15 is 0 Å². The zero-order chi connectivity index (χ0) is 9.42. The van der Waals surface area contributed by atoms with Gasteiger partial charge in [-0.1, -0.05) is 19.1 Å². The Kier molecular flexibility index (Phi) is 2.00. The first-order valence-corrected chi connectivity index (χ1v) is 5.37. The first-order chi connectivity index (χ1) is 6.24. The van der Waals surface area contributed by atoms with Crippen molar-refractivity contribution in [2.45, 2.75) is 20.3 Å². The van der Waals surface area contributed by atoms with Gasteiger partial charge in [0.1, 0.15) is 0 Å². The molecular formula is C11H13NS. The minimum Gasteiger partial charge on any atom is -0.398 e. The number of hydrogen-bond donors (Lipinski definition) is 1. The molecule has 0 aliphatic rings. The SMILES string of the molecule is CCc1ccc2c(N)csc2c1C. The van der Waals surface area contributed by atoms with E-state index in [1.54, 1.807) is 11.3 Å². The number of fused-ring (bicyclic) bond motifs is 1. The van der Waals surface area contributed by atoms with Crippen molar-refractivity contribution >= 4 is 27.1 Å². The van der Waals surface area contributed by atoms with Crippen LogP contribution in [0.15, 0.2) is 17.5 Å². The third kappa shape index (κ3) is 1.22. The molecule has 0 radical (unpaired) electrons. The number of aryl methyl sites for hydroxylation is 2. The Morgan fingerprint density at radius 3 is 2.85 bits per heavy atom. The van der Waals surface area contributed by atoms with Crippen LogP contribution in [0.1, 0.15) is 18.1 Å². The lowest BCUT2D eigenvalue weighted by atomic mass is 10.0. The molecule has 13 heavy (non-hydrogen) atoms. The van der Waals surface area contributed by atoms with Gasteiger partial charge in [-0.15, -0.1) is 11.3 Å². The Bertz CT molecular complexity index is 443. The Balaban J connectivity index is 2.80. The van der Waals surface area contributed by atoms with Gasteiger partial charge >= 0.3 is 0 Å². The molecule has 0 amide bonds. The third-order valence-corrected chi connectivity index (χ3v) is 3.65. The van der Waals surface area contributed by atoms with Crippen molar-refractivity contribution in [3.05, 3.63) is 28.6 Å². The highest BCUT2D eigenvalue weighted by molar-refractivity contribution is 7.18. The van der Waals surface area contributed by atoms with E-state index in [4.69, 9.17) is 5.73 Å². The van der Waals surface area contributed by atoms with Gasteiger partial charge < -0.3 is 5.73 Å². The van der Waals surface area contributed by atoms with E-state index in [1.807, 2.05) is 5.38 Å². The normalized spacial score (nSPS) is 10.9. The van der Waals surface area contributed by atoms with Crippen molar-refractivity contribution in [2.75, 3.05) is 5.73 Å². The van der Waals surface area contributed by atoms with Crippen LogP contribution in [0, 0.1) is 6.92 Å². The summed E-state index contributed by atoms with van der Waals surface area (Å²) in [7, 11) is 0. The van der Waals surface area contributed by atoms with E-state index in [9.17, 15) is 0 Å². The van der Waals surface area contributed by atoms with Crippen molar-refractivity contribution in [2.24, 2.45) is 0 Å². The number of nitrogen functional groups attached to an aromatic ring is 1. The van der Waals surface area contributed by atoms with Crippen molar-refractivity contribution in [1.82, 2.24) is 0 Å². The summed E-state index contributed by atoms with van der Waals surface area (Å²) in [5.41, 5.74) is 9.57. The summed E-state index contributed by atoms with van der Waals surface area (Å²) < 4.78 is 1.34. The van der Waals surface area contributed by atoms with Crippen LogP contribution in [-0.4, -0.2) is 0 Å².